The molecule has 0 aromatic heterocycles. The van der Waals surface area contributed by atoms with E-state index in [4.69, 9.17) is 14.6 Å². The first kappa shape index (κ1) is 18.2. The minimum Gasteiger partial charge on any atom is -0.497 e. The first-order valence-electron chi connectivity index (χ1n) is 8.13. The van der Waals surface area contributed by atoms with Crippen LogP contribution in [-0.4, -0.2) is 43.2 Å². The number of rotatable bonds is 6. The van der Waals surface area contributed by atoms with Crippen LogP contribution in [-0.2, 0) is 9.59 Å². The molecule has 1 unspecified atom stereocenters. The predicted molar refractivity (Wildman–Crippen MR) is 97.5 cm³/mol. The van der Waals surface area contributed by atoms with Gasteiger partial charge in [-0.15, -0.1) is 0 Å². The highest BCUT2D eigenvalue weighted by Gasteiger charge is 2.40. The molecule has 2 aromatic carbocycles. The van der Waals surface area contributed by atoms with E-state index in [1.165, 1.54) is 26.4 Å². The molecule has 0 saturated carbocycles. The number of benzene rings is 2. The van der Waals surface area contributed by atoms with Gasteiger partial charge in [0.2, 0.25) is 5.91 Å². The van der Waals surface area contributed by atoms with Gasteiger partial charge in [0.05, 0.1) is 31.9 Å². The molecule has 27 heavy (non-hydrogen) atoms. The third-order valence-corrected chi connectivity index (χ3v) is 4.25. The minimum atomic E-state index is -1.04. The van der Waals surface area contributed by atoms with Crippen LogP contribution in [0.2, 0.25) is 0 Å². The van der Waals surface area contributed by atoms with E-state index in [-0.39, 0.29) is 17.9 Å². The topological polar surface area (TPSA) is 105 Å². The molecule has 1 fully saturated rings. The molecule has 8 heteroatoms. The van der Waals surface area contributed by atoms with Gasteiger partial charge >= 0.3 is 5.97 Å². The van der Waals surface area contributed by atoms with Crippen molar-refractivity contribution in [2.75, 3.05) is 24.4 Å². The minimum absolute atomic E-state index is 0.0191. The zero-order valence-corrected chi connectivity index (χ0v) is 14.8. The summed E-state index contributed by atoms with van der Waals surface area (Å²) >= 11 is 0. The highest BCUT2D eigenvalue weighted by molar-refractivity contribution is 6.23. The second-order valence-electron chi connectivity index (χ2n) is 5.89. The normalized spacial score (nSPS) is 16.4. The molecule has 1 aliphatic heterocycles. The van der Waals surface area contributed by atoms with Gasteiger partial charge in [-0.1, -0.05) is 0 Å². The Morgan fingerprint density at radius 3 is 2.41 bits per heavy atom. The van der Waals surface area contributed by atoms with E-state index < -0.39 is 17.9 Å². The Hall–Kier alpha value is -3.55. The van der Waals surface area contributed by atoms with Crippen molar-refractivity contribution in [3.63, 3.8) is 0 Å². The van der Waals surface area contributed by atoms with Gasteiger partial charge in [-0.05, 0) is 36.4 Å². The smallest absolute Gasteiger partial charge is 0.335 e. The maximum absolute atomic E-state index is 12.8. The fraction of sp³-hybridized carbons (Fsp3) is 0.211. The molecule has 0 aliphatic carbocycles. The van der Waals surface area contributed by atoms with Crippen molar-refractivity contribution in [1.29, 1.82) is 0 Å². The van der Waals surface area contributed by atoms with E-state index in [9.17, 15) is 14.4 Å². The van der Waals surface area contributed by atoms with Gasteiger partial charge in [-0.25, -0.2) is 9.69 Å². The SMILES string of the molecule is COc1ccc(N2C(=O)CC(Nc3ccc(C(=O)O)cc3)C2=O)c(OC)c1. The number of hydrogen-bond donors (Lipinski definition) is 2. The Balaban J connectivity index is 1.82. The molecule has 0 radical (unpaired) electrons. The van der Waals surface area contributed by atoms with Crippen molar-refractivity contribution in [3.05, 3.63) is 48.0 Å². The molecule has 2 aromatic rings. The fourth-order valence-electron chi connectivity index (χ4n) is 2.88. The summed E-state index contributed by atoms with van der Waals surface area (Å²) in [6.45, 7) is 0. The van der Waals surface area contributed by atoms with Crippen LogP contribution in [0.25, 0.3) is 0 Å². The highest BCUT2D eigenvalue weighted by atomic mass is 16.5. The fourth-order valence-corrected chi connectivity index (χ4v) is 2.88. The van der Waals surface area contributed by atoms with Gasteiger partial charge in [0.25, 0.3) is 5.91 Å². The second kappa shape index (κ2) is 7.36. The van der Waals surface area contributed by atoms with Crippen LogP contribution in [0.15, 0.2) is 42.5 Å². The Morgan fingerprint density at radius 1 is 1.11 bits per heavy atom. The average Bonchev–Trinajstić information content (AvgIpc) is 2.94. The van der Waals surface area contributed by atoms with Gasteiger partial charge in [0.15, 0.2) is 0 Å². The monoisotopic (exact) mass is 370 g/mol. The number of amides is 2. The predicted octanol–water partition coefficient (Wildman–Crippen LogP) is 2.15. The molecular weight excluding hydrogens is 352 g/mol. The van der Waals surface area contributed by atoms with E-state index >= 15 is 0 Å². The van der Waals surface area contributed by atoms with Crippen molar-refractivity contribution in [2.24, 2.45) is 0 Å². The lowest BCUT2D eigenvalue weighted by molar-refractivity contribution is -0.121. The molecule has 0 spiro atoms. The zero-order valence-electron chi connectivity index (χ0n) is 14.8. The Morgan fingerprint density at radius 2 is 1.81 bits per heavy atom. The summed E-state index contributed by atoms with van der Waals surface area (Å²) in [7, 11) is 2.96. The lowest BCUT2D eigenvalue weighted by atomic mass is 10.2. The van der Waals surface area contributed by atoms with Crippen molar-refractivity contribution in [3.8, 4) is 11.5 Å². The molecular formula is C19H18N2O6. The number of anilines is 2. The molecule has 1 aliphatic rings. The molecule has 2 amide bonds. The largest absolute Gasteiger partial charge is 0.497 e. The number of carbonyl (C=O) groups is 3. The van der Waals surface area contributed by atoms with Crippen LogP contribution in [0.5, 0.6) is 11.5 Å². The summed E-state index contributed by atoms with van der Waals surface area (Å²) in [5, 5.41) is 11.9. The summed E-state index contributed by atoms with van der Waals surface area (Å²) in [5.41, 5.74) is 1.03. The molecule has 8 nitrogen and oxygen atoms in total. The van der Waals surface area contributed by atoms with Gasteiger partial charge in [0, 0.05) is 11.8 Å². The summed E-state index contributed by atoms with van der Waals surface area (Å²) < 4.78 is 10.4. The number of nitrogens with zero attached hydrogens (tertiary/aromatic N) is 1. The van der Waals surface area contributed by atoms with Crippen LogP contribution in [0, 0.1) is 0 Å². The number of methoxy groups -OCH3 is 2. The zero-order chi connectivity index (χ0) is 19.6. The number of aromatic carboxylic acids is 1. The number of carbonyl (C=O) groups excluding carboxylic acids is 2. The number of imide groups is 1. The third kappa shape index (κ3) is 3.55. The Labute approximate surface area is 155 Å². The standard InChI is InChI=1S/C19H18N2O6/c1-26-13-7-8-15(16(9-13)27-2)21-17(22)10-14(18(21)23)20-12-5-3-11(4-6-12)19(24)25/h3-9,14,20H,10H2,1-2H3,(H,24,25). The Bertz CT molecular complexity index is 894. The summed E-state index contributed by atoms with van der Waals surface area (Å²) in [4.78, 5) is 37.2. The van der Waals surface area contributed by atoms with Gasteiger partial charge < -0.3 is 19.9 Å². The lowest BCUT2D eigenvalue weighted by Gasteiger charge is -2.19. The summed E-state index contributed by atoms with van der Waals surface area (Å²) in [6, 6.07) is 10.0. The van der Waals surface area contributed by atoms with Crippen molar-refractivity contribution < 1.29 is 29.0 Å². The molecule has 140 valence electrons. The number of nitrogens with one attached hydrogen (secondary N) is 1. The van der Waals surface area contributed by atoms with Gasteiger partial charge in [-0.3, -0.25) is 9.59 Å². The summed E-state index contributed by atoms with van der Waals surface area (Å²) in [6.07, 6.45) is -0.0191. The third-order valence-electron chi connectivity index (χ3n) is 4.25. The maximum atomic E-state index is 12.8. The first-order chi connectivity index (χ1) is 12.9. The average molecular weight is 370 g/mol. The van der Waals surface area contributed by atoms with E-state index in [1.54, 1.807) is 30.3 Å². The quantitative estimate of drug-likeness (QED) is 0.751. The van der Waals surface area contributed by atoms with Crippen molar-refractivity contribution in [1.82, 2.24) is 0 Å². The number of carboxylic acid groups (broad SMARTS) is 1. The van der Waals surface area contributed by atoms with E-state index in [2.05, 4.69) is 5.32 Å². The van der Waals surface area contributed by atoms with Crippen LogP contribution in [0.4, 0.5) is 11.4 Å². The number of hydrogen-bond acceptors (Lipinski definition) is 6. The van der Waals surface area contributed by atoms with Crippen LogP contribution in [0.3, 0.4) is 0 Å². The molecule has 1 atom stereocenters. The molecule has 2 N–H and O–H groups in total. The Kier molecular flexibility index (Phi) is 4.98. The van der Waals surface area contributed by atoms with Gasteiger partial charge in [0.1, 0.15) is 17.5 Å². The lowest BCUT2D eigenvalue weighted by Crippen LogP contribution is -2.35. The number of carboxylic acids is 1. The summed E-state index contributed by atoms with van der Waals surface area (Å²) in [5.74, 6) is -0.911. The number of ether oxygens (including phenoxy) is 2. The van der Waals surface area contributed by atoms with E-state index in [0.717, 1.165) is 4.90 Å². The molecule has 3 rings (SSSR count). The maximum Gasteiger partial charge on any atom is 0.335 e. The van der Waals surface area contributed by atoms with E-state index in [0.29, 0.717) is 22.9 Å². The van der Waals surface area contributed by atoms with Crippen LogP contribution < -0.4 is 19.7 Å². The van der Waals surface area contributed by atoms with Gasteiger partial charge in [-0.2, -0.15) is 0 Å². The second-order valence-corrected chi connectivity index (χ2v) is 5.89. The van der Waals surface area contributed by atoms with Crippen molar-refractivity contribution >= 4 is 29.2 Å². The molecule has 1 saturated heterocycles. The molecule has 0 bridgehead atoms. The van der Waals surface area contributed by atoms with Crippen LogP contribution in [0.1, 0.15) is 16.8 Å². The van der Waals surface area contributed by atoms with E-state index in [1.807, 2.05) is 0 Å². The van der Waals surface area contributed by atoms with Crippen LogP contribution >= 0.6 is 0 Å². The van der Waals surface area contributed by atoms with Crippen molar-refractivity contribution in [2.45, 2.75) is 12.5 Å². The highest BCUT2D eigenvalue weighted by Crippen LogP contribution is 2.35. The molecule has 1 heterocycles. The first-order valence-corrected chi connectivity index (χ1v) is 8.13.